The van der Waals surface area contributed by atoms with Crippen LogP contribution in [-0.4, -0.2) is 37.7 Å². The second kappa shape index (κ2) is 6.53. The molecule has 0 bridgehead atoms. The quantitative estimate of drug-likeness (QED) is 0.777. The van der Waals surface area contributed by atoms with Crippen LogP contribution in [0.5, 0.6) is 0 Å². The smallest absolute Gasteiger partial charge is 0.221 e. The number of hydrogen-bond donors (Lipinski definition) is 2. The van der Waals surface area contributed by atoms with Crippen molar-refractivity contribution < 1.29 is 9.53 Å². The van der Waals surface area contributed by atoms with Gasteiger partial charge >= 0.3 is 0 Å². The van der Waals surface area contributed by atoms with Crippen LogP contribution in [0, 0.1) is 11.8 Å². The Morgan fingerprint density at radius 2 is 2.28 bits per heavy atom. The lowest BCUT2D eigenvalue weighted by molar-refractivity contribution is -0.121. The molecule has 4 heteroatoms. The minimum atomic E-state index is 0.184. The summed E-state index contributed by atoms with van der Waals surface area (Å²) < 4.78 is 5.73. The van der Waals surface area contributed by atoms with Gasteiger partial charge in [-0.1, -0.05) is 13.8 Å². The molecule has 2 N–H and O–H groups in total. The van der Waals surface area contributed by atoms with Crippen LogP contribution in [0.15, 0.2) is 0 Å². The van der Waals surface area contributed by atoms with Gasteiger partial charge in [0.15, 0.2) is 0 Å². The molecule has 0 aliphatic carbocycles. The maximum Gasteiger partial charge on any atom is 0.221 e. The zero-order chi connectivity index (χ0) is 13.0. The van der Waals surface area contributed by atoms with Gasteiger partial charge in [-0.15, -0.1) is 0 Å². The molecule has 3 atom stereocenters. The first kappa shape index (κ1) is 13.8. The largest absolute Gasteiger partial charge is 0.378 e. The average Bonchev–Trinajstić information content (AvgIpc) is 2.96. The molecule has 3 unspecified atom stereocenters. The Bertz CT molecular complexity index is 275. The lowest BCUT2D eigenvalue weighted by Gasteiger charge is -2.22. The molecule has 0 radical (unpaired) electrons. The van der Waals surface area contributed by atoms with Gasteiger partial charge < -0.3 is 15.4 Å². The molecule has 2 heterocycles. The summed E-state index contributed by atoms with van der Waals surface area (Å²) in [5, 5.41) is 6.43. The molecule has 0 spiro atoms. The van der Waals surface area contributed by atoms with E-state index >= 15 is 0 Å². The van der Waals surface area contributed by atoms with Crippen molar-refractivity contribution in [1.29, 1.82) is 0 Å². The summed E-state index contributed by atoms with van der Waals surface area (Å²) in [6, 6.07) is 0.394. The highest BCUT2D eigenvalue weighted by Crippen LogP contribution is 2.26. The van der Waals surface area contributed by atoms with Crippen molar-refractivity contribution in [3.63, 3.8) is 0 Å². The molecule has 104 valence electrons. The minimum absolute atomic E-state index is 0.184. The molecule has 2 fully saturated rings. The van der Waals surface area contributed by atoms with E-state index in [1.54, 1.807) is 0 Å². The van der Waals surface area contributed by atoms with Gasteiger partial charge in [0.2, 0.25) is 5.91 Å². The third-order valence-corrected chi connectivity index (χ3v) is 4.08. The van der Waals surface area contributed by atoms with Gasteiger partial charge in [0.05, 0.1) is 6.10 Å². The number of ether oxygens (including phenoxy) is 1. The molecule has 1 amide bonds. The normalized spacial score (nSPS) is 32.1. The molecule has 4 nitrogen and oxygen atoms in total. The van der Waals surface area contributed by atoms with E-state index in [0.717, 1.165) is 32.5 Å². The third kappa shape index (κ3) is 3.69. The zero-order valence-corrected chi connectivity index (χ0v) is 11.6. The molecule has 2 saturated heterocycles. The summed E-state index contributed by atoms with van der Waals surface area (Å²) in [6.07, 6.45) is 4.35. The van der Waals surface area contributed by atoms with Crippen LogP contribution >= 0.6 is 0 Å². The molecule has 2 rings (SSSR count). The highest BCUT2D eigenvalue weighted by atomic mass is 16.5. The average molecular weight is 254 g/mol. The zero-order valence-electron chi connectivity index (χ0n) is 11.6. The van der Waals surface area contributed by atoms with Crippen LogP contribution in [0.3, 0.4) is 0 Å². The molecule has 2 aliphatic heterocycles. The van der Waals surface area contributed by atoms with E-state index in [2.05, 4.69) is 24.5 Å². The predicted molar refractivity (Wildman–Crippen MR) is 71.3 cm³/mol. The van der Waals surface area contributed by atoms with Crippen molar-refractivity contribution in [3.8, 4) is 0 Å². The van der Waals surface area contributed by atoms with E-state index in [9.17, 15) is 4.79 Å². The van der Waals surface area contributed by atoms with Gasteiger partial charge in [-0.2, -0.15) is 0 Å². The van der Waals surface area contributed by atoms with E-state index in [1.807, 2.05) is 0 Å². The van der Waals surface area contributed by atoms with Crippen LogP contribution in [0.2, 0.25) is 0 Å². The fourth-order valence-corrected chi connectivity index (χ4v) is 3.08. The van der Waals surface area contributed by atoms with Gasteiger partial charge in [-0.05, 0) is 31.7 Å². The van der Waals surface area contributed by atoms with Gasteiger partial charge in [0.25, 0.3) is 0 Å². The predicted octanol–water partition coefficient (Wildman–Crippen LogP) is 1.31. The van der Waals surface area contributed by atoms with Crippen LogP contribution in [0.1, 0.15) is 39.5 Å². The second-order valence-corrected chi connectivity index (χ2v) is 5.93. The van der Waals surface area contributed by atoms with E-state index in [4.69, 9.17) is 4.74 Å². The van der Waals surface area contributed by atoms with E-state index in [1.165, 1.54) is 6.42 Å². The Labute approximate surface area is 110 Å². The van der Waals surface area contributed by atoms with Crippen molar-refractivity contribution in [1.82, 2.24) is 10.6 Å². The number of rotatable bonds is 5. The van der Waals surface area contributed by atoms with Gasteiger partial charge in [0, 0.05) is 31.5 Å². The van der Waals surface area contributed by atoms with E-state index in [0.29, 0.717) is 30.4 Å². The van der Waals surface area contributed by atoms with Gasteiger partial charge in [-0.25, -0.2) is 0 Å². The summed E-state index contributed by atoms with van der Waals surface area (Å²) in [6.45, 7) is 7.05. The summed E-state index contributed by atoms with van der Waals surface area (Å²) in [5.74, 6) is 1.21. The van der Waals surface area contributed by atoms with Crippen molar-refractivity contribution >= 4 is 5.91 Å². The number of carbonyl (C=O) groups excluding carboxylic acids is 1. The van der Waals surface area contributed by atoms with Crippen LogP contribution < -0.4 is 10.6 Å². The third-order valence-electron chi connectivity index (χ3n) is 4.08. The van der Waals surface area contributed by atoms with Crippen molar-refractivity contribution in [2.75, 3.05) is 19.7 Å². The fourth-order valence-electron chi connectivity index (χ4n) is 3.08. The SMILES string of the molecule is CC(C)C1OCCC1CNC(=O)CC1CCCN1. The first-order valence-corrected chi connectivity index (χ1v) is 7.28. The van der Waals surface area contributed by atoms with Gasteiger partial charge in [0.1, 0.15) is 0 Å². The maximum absolute atomic E-state index is 11.8. The standard InChI is InChI=1S/C14H26N2O2/c1-10(2)14-11(5-7-18-14)9-16-13(17)8-12-4-3-6-15-12/h10-12,14-15H,3-9H2,1-2H3,(H,16,17). The number of hydrogen-bond acceptors (Lipinski definition) is 3. The van der Waals surface area contributed by atoms with Crippen molar-refractivity contribution in [2.24, 2.45) is 11.8 Å². The lowest BCUT2D eigenvalue weighted by atomic mass is 9.93. The number of amides is 1. The molecule has 2 aliphatic rings. The molecule has 18 heavy (non-hydrogen) atoms. The Morgan fingerprint density at radius 1 is 1.44 bits per heavy atom. The van der Waals surface area contributed by atoms with Crippen molar-refractivity contribution in [3.05, 3.63) is 0 Å². The first-order chi connectivity index (χ1) is 8.66. The fraction of sp³-hybridized carbons (Fsp3) is 0.929. The lowest BCUT2D eigenvalue weighted by Crippen LogP contribution is -2.37. The Balaban J connectivity index is 1.68. The Kier molecular flexibility index (Phi) is 5.01. The summed E-state index contributed by atoms with van der Waals surface area (Å²) >= 11 is 0. The highest BCUT2D eigenvalue weighted by Gasteiger charge is 2.30. The molecule has 0 aromatic rings. The van der Waals surface area contributed by atoms with Crippen LogP contribution in [0.4, 0.5) is 0 Å². The van der Waals surface area contributed by atoms with E-state index in [-0.39, 0.29) is 5.91 Å². The second-order valence-electron chi connectivity index (χ2n) is 5.93. The molecule has 0 saturated carbocycles. The summed E-state index contributed by atoms with van der Waals surface area (Å²) in [5.41, 5.74) is 0. The number of nitrogens with one attached hydrogen (secondary N) is 2. The summed E-state index contributed by atoms with van der Waals surface area (Å²) in [7, 11) is 0. The topological polar surface area (TPSA) is 50.4 Å². The first-order valence-electron chi connectivity index (χ1n) is 7.28. The molecule has 0 aromatic carbocycles. The number of carbonyl (C=O) groups is 1. The minimum Gasteiger partial charge on any atom is -0.378 e. The Morgan fingerprint density at radius 3 is 2.94 bits per heavy atom. The van der Waals surface area contributed by atoms with Crippen LogP contribution in [-0.2, 0) is 9.53 Å². The Hall–Kier alpha value is -0.610. The summed E-state index contributed by atoms with van der Waals surface area (Å²) in [4.78, 5) is 11.8. The van der Waals surface area contributed by atoms with Crippen LogP contribution in [0.25, 0.3) is 0 Å². The monoisotopic (exact) mass is 254 g/mol. The molecular weight excluding hydrogens is 228 g/mol. The van der Waals surface area contributed by atoms with Crippen molar-refractivity contribution in [2.45, 2.75) is 51.7 Å². The van der Waals surface area contributed by atoms with Gasteiger partial charge in [-0.3, -0.25) is 4.79 Å². The molecular formula is C14H26N2O2. The highest BCUT2D eigenvalue weighted by molar-refractivity contribution is 5.76. The van der Waals surface area contributed by atoms with E-state index < -0.39 is 0 Å². The maximum atomic E-state index is 11.8. The molecule has 0 aromatic heterocycles.